The summed E-state index contributed by atoms with van der Waals surface area (Å²) < 4.78 is 0. The van der Waals surface area contributed by atoms with Crippen molar-refractivity contribution in [2.24, 2.45) is 5.16 Å². The Morgan fingerprint density at radius 3 is 3.09 bits per heavy atom. The summed E-state index contributed by atoms with van der Waals surface area (Å²) in [6, 6.07) is 3.48. The van der Waals surface area contributed by atoms with E-state index in [1.807, 2.05) is 24.4 Å². The van der Waals surface area contributed by atoms with Gasteiger partial charge in [0.25, 0.3) is 0 Å². The average molecular weight is 321 g/mol. The van der Waals surface area contributed by atoms with Crippen LogP contribution < -0.4 is 5.32 Å². The van der Waals surface area contributed by atoms with Gasteiger partial charge in [-0.2, -0.15) is 0 Å². The molecule has 1 fully saturated rings. The molecule has 0 bridgehead atoms. The number of nitrogens with zero attached hydrogens (tertiary/aromatic N) is 2. The van der Waals surface area contributed by atoms with E-state index in [1.165, 1.54) is 0 Å². The standard InChI is InChI=1S/C15H19N3O3S/c1-10-8-13(17-21-10)16-15(20)12-5-2-6-18(12)14(19)9-11-4-3-7-22-11/h3-4,7,10,12H,2,5-6,8-9H2,1H3,(H,16,17,20)/t10-,12+/m0/s1. The SMILES string of the molecule is C[C@H]1CC(NC(=O)[C@H]2CCCN2C(=O)Cc2cccs2)=NO1. The molecule has 0 aromatic carbocycles. The van der Waals surface area contributed by atoms with Gasteiger partial charge in [-0.1, -0.05) is 11.2 Å². The first-order chi connectivity index (χ1) is 10.6. The quantitative estimate of drug-likeness (QED) is 0.917. The summed E-state index contributed by atoms with van der Waals surface area (Å²) in [5.41, 5.74) is 0. The van der Waals surface area contributed by atoms with Crippen LogP contribution in [-0.4, -0.2) is 41.2 Å². The van der Waals surface area contributed by atoms with E-state index in [1.54, 1.807) is 16.2 Å². The third-order valence-corrected chi connectivity index (χ3v) is 4.75. The fourth-order valence-corrected chi connectivity index (χ4v) is 3.50. The molecule has 1 saturated heterocycles. The topological polar surface area (TPSA) is 71.0 Å². The van der Waals surface area contributed by atoms with Gasteiger partial charge in [0, 0.05) is 17.8 Å². The lowest BCUT2D eigenvalue weighted by molar-refractivity contribution is -0.137. The number of oxime groups is 1. The second-order valence-electron chi connectivity index (χ2n) is 5.65. The molecule has 2 amide bonds. The Morgan fingerprint density at radius 2 is 2.41 bits per heavy atom. The summed E-state index contributed by atoms with van der Waals surface area (Å²) in [5.74, 6) is 0.404. The molecule has 2 aliphatic heterocycles. The van der Waals surface area contributed by atoms with Crippen molar-refractivity contribution in [1.82, 2.24) is 10.2 Å². The van der Waals surface area contributed by atoms with Gasteiger partial charge in [0.1, 0.15) is 12.1 Å². The number of thiophene rings is 1. The number of amidine groups is 1. The fourth-order valence-electron chi connectivity index (χ4n) is 2.80. The average Bonchev–Trinajstić information content (AvgIpc) is 3.19. The van der Waals surface area contributed by atoms with Gasteiger partial charge in [-0.15, -0.1) is 11.3 Å². The molecule has 3 heterocycles. The largest absolute Gasteiger partial charge is 0.391 e. The van der Waals surface area contributed by atoms with Crippen LogP contribution in [-0.2, 0) is 20.8 Å². The van der Waals surface area contributed by atoms with Gasteiger partial charge in [0.05, 0.1) is 6.42 Å². The molecule has 0 aliphatic carbocycles. The van der Waals surface area contributed by atoms with E-state index in [2.05, 4.69) is 10.5 Å². The van der Waals surface area contributed by atoms with Gasteiger partial charge in [0.2, 0.25) is 11.8 Å². The predicted octanol–water partition coefficient (Wildman–Crippen LogP) is 1.52. The normalized spacial score (nSPS) is 24.0. The minimum Gasteiger partial charge on any atom is -0.391 e. The third-order valence-electron chi connectivity index (χ3n) is 3.87. The molecular formula is C15H19N3O3S. The highest BCUT2D eigenvalue weighted by molar-refractivity contribution is 7.10. The molecule has 2 atom stereocenters. The Kier molecular flexibility index (Phi) is 4.42. The summed E-state index contributed by atoms with van der Waals surface area (Å²) in [5, 5.41) is 8.59. The van der Waals surface area contributed by atoms with E-state index in [0.717, 1.165) is 11.3 Å². The van der Waals surface area contributed by atoms with Crippen molar-refractivity contribution in [3.05, 3.63) is 22.4 Å². The summed E-state index contributed by atoms with van der Waals surface area (Å²) in [6.45, 7) is 2.54. The van der Waals surface area contributed by atoms with E-state index < -0.39 is 6.04 Å². The van der Waals surface area contributed by atoms with Crippen LogP contribution in [0.15, 0.2) is 22.7 Å². The van der Waals surface area contributed by atoms with Crippen LogP contribution in [0.1, 0.15) is 31.1 Å². The van der Waals surface area contributed by atoms with Crippen LogP contribution in [0.5, 0.6) is 0 Å². The number of carbonyl (C=O) groups excluding carboxylic acids is 2. The molecule has 7 heteroatoms. The summed E-state index contributed by atoms with van der Waals surface area (Å²) >= 11 is 1.56. The number of nitrogens with one attached hydrogen (secondary N) is 1. The Hall–Kier alpha value is -1.89. The van der Waals surface area contributed by atoms with E-state index in [0.29, 0.717) is 31.6 Å². The van der Waals surface area contributed by atoms with Crippen molar-refractivity contribution in [2.75, 3.05) is 6.54 Å². The number of rotatable bonds is 3. The van der Waals surface area contributed by atoms with Crippen molar-refractivity contribution in [3.63, 3.8) is 0 Å². The number of carbonyl (C=O) groups is 2. The minimum atomic E-state index is -0.397. The van der Waals surface area contributed by atoms with Gasteiger partial charge in [-0.3, -0.25) is 9.59 Å². The first kappa shape index (κ1) is 15.0. The van der Waals surface area contributed by atoms with E-state index in [4.69, 9.17) is 4.84 Å². The third kappa shape index (κ3) is 3.30. The lowest BCUT2D eigenvalue weighted by Crippen LogP contribution is -2.47. The number of hydrogen-bond donors (Lipinski definition) is 1. The zero-order valence-corrected chi connectivity index (χ0v) is 13.3. The van der Waals surface area contributed by atoms with Gasteiger partial charge in [0.15, 0.2) is 5.84 Å². The molecule has 3 rings (SSSR count). The molecule has 0 saturated carbocycles. The van der Waals surface area contributed by atoms with Gasteiger partial charge in [-0.25, -0.2) is 0 Å². The molecule has 118 valence electrons. The maximum absolute atomic E-state index is 12.4. The first-order valence-electron chi connectivity index (χ1n) is 7.49. The van der Waals surface area contributed by atoms with E-state index in [9.17, 15) is 9.59 Å². The Bertz CT molecular complexity index is 585. The van der Waals surface area contributed by atoms with Crippen molar-refractivity contribution >= 4 is 29.0 Å². The zero-order chi connectivity index (χ0) is 15.5. The van der Waals surface area contributed by atoms with Gasteiger partial charge in [-0.05, 0) is 31.2 Å². The molecule has 1 N–H and O–H groups in total. The van der Waals surface area contributed by atoms with Crippen molar-refractivity contribution in [1.29, 1.82) is 0 Å². The van der Waals surface area contributed by atoms with E-state index in [-0.39, 0.29) is 17.9 Å². The van der Waals surface area contributed by atoms with Crippen LogP contribution in [0.25, 0.3) is 0 Å². The maximum atomic E-state index is 12.4. The number of amides is 2. The van der Waals surface area contributed by atoms with Crippen molar-refractivity contribution in [2.45, 2.75) is 44.8 Å². The summed E-state index contributed by atoms with van der Waals surface area (Å²) in [4.78, 5) is 32.6. The molecule has 1 aromatic rings. The molecule has 0 unspecified atom stereocenters. The van der Waals surface area contributed by atoms with Crippen molar-refractivity contribution < 1.29 is 14.4 Å². The molecule has 0 spiro atoms. The lowest BCUT2D eigenvalue weighted by atomic mass is 10.2. The Morgan fingerprint density at radius 1 is 1.55 bits per heavy atom. The highest BCUT2D eigenvalue weighted by atomic mass is 32.1. The Labute approximate surface area is 133 Å². The molecule has 22 heavy (non-hydrogen) atoms. The zero-order valence-electron chi connectivity index (χ0n) is 12.4. The van der Waals surface area contributed by atoms with Gasteiger partial charge < -0.3 is 15.1 Å². The lowest BCUT2D eigenvalue weighted by Gasteiger charge is -2.23. The highest BCUT2D eigenvalue weighted by Crippen LogP contribution is 2.20. The maximum Gasteiger partial charge on any atom is 0.248 e. The molecular weight excluding hydrogens is 302 g/mol. The molecule has 2 aliphatic rings. The van der Waals surface area contributed by atoms with Crippen LogP contribution in [0, 0.1) is 0 Å². The number of likely N-dealkylation sites (tertiary alicyclic amines) is 1. The second kappa shape index (κ2) is 6.48. The fraction of sp³-hybridized carbons (Fsp3) is 0.533. The first-order valence-corrected chi connectivity index (χ1v) is 8.37. The van der Waals surface area contributed by atoms with Crippen LogP contribution in [0.2, 0.25) is 0 Å². The summed E-state index contributed by atoms with van der Waals surface area (Å²) in [7, 11) is 0. The molecule has 1 aromatic heterocycles. The summed E-state index contributed by atoms with van der Waals surface area (Å²) in [6.07, 6.45) is 2.51. The molecule has 6 nitrogen and oxygen atoms in total. The minimum absolute atomic E-state index is 0.00422. The predicted molar refractivity (Wildman–Crippen MR) is 83.5 cm³/mol. The van der Waals surface area contributed by atoms with Gasteiger partial charge >= 0.3 is 0 Å². The second-order valence-corrected chi connectivity index (χ2v) is 6.68. The van der Waals surface area contributed by atoms with E-state index >= 15 is 0 Å². The smallest absolute Gasteiger partial charge is 0.248 e. The van der Waals surface area contributed by atoms with Crippen molar-refractivity contribution in [3.8, 4) is 0 Å². The van der Waals surface area contributed by atoms with Crippen LogP contribution in [0.3, 0.4) is 0 Å². The Balaban J connectivity index is 1.60. The molecule has 0 radical (unpaired) electrons. The number of hydrogen-bond acceptors (Lipinski definition) is 5. The highest BCUT2D eigenvalue weighted by Gasteiger charge is 2.35. The monoisotopic (exact) mass is 321 g/mol. The van der Waals surface area contributed by atoms with Crippen LogP contribution >= 0.6 is 11.3 Å². The van der Waals surface area contributed by atoms with Crippen LogP contribution in [0.4, 0.5) is 0 Å².